The topological polar surface area (TPSA) is 54.7 Å². The number of nitrogens with zero attached hydrogens (tertiary/aromatic N) is 1. The van der Waals surface area contributed by atoms with Gasteiger partial charge in [0, 0.05) is 0 Å². The molecule has 0 radical (unpaired) electrons. The van der Waals surface area contributed by atoms with Crippen LogP contribution in [0.2, 0.25) is 5.02 Å². The zero-order valence-electron chi connectivity index (χ0n) is 15.0. The van der Waals surface area contributed by atoms with Gasteiger partial charge in [-0.25, -0.2) is 0 Å². The monoisotopic (exact) mass is 341 g/mol. The van der Waals surface area contributed by atoms with Gasteiger partial charge >= 0.3 is 0 Å². The highest BCUT2D eigenvalue weighted by atomic mass is 35.5. The number of unbranched alkanes of at least 4 members (excludes halogenated alkanes) is 13. The molecule has 0 unspecified atom stereocenters. The summed E-state index contributed by atoms with van der Waals surface area (Å²) in [6.45, 7) is 2.28. The first kappa shape index (κ1) is 20.3. The molecule has 0 aromatic carbocycles. The van der Waals surface area contributed by atoms with Crippen molar-refractivity contribution in [3.05, 3.63) is 10.7 Å². The number of aryl methyl sites for hydroxylation is 1. The zero-order valence-corrected chi connectivity index (χ0v) is 15.8. The lowest BCUT2D eigenvalue weighted by molar-refractivity contribution is 0.535. The van der Waals surface area contributed by atoms with E-state index in [2.05, 4.69) is 17.1 Å². The summed E-state index contributed by atoms with van der Waals surface area (Å²) in [5.41, 5.74) is 6.61. The Morgan fingerprint density at radius 2 is 1.22 bits per heavy atom. The highest BCUT2D eigenvalue weighted by Crippen LogP contribution is 2.22. The van der Waals surface area contributed by atoms with Gasteiger partial charge in [0.2, 0.25) is 0 Å². The average molecular weight is 342 g/mol. The standard InChI is InChI=1S/C19H36ClN3/c1-2-3-4-5-6-7-8-9-10-11-12-13-14-15-16-17-18(20)19(21)23-22-17/h2-16H2,1H3,(H3,21,22,23). The maximum Gasteiger partial charge on any atom is 0.164 e. The molecule has 0 saturated heterocycles. The van der Waals surface area contributed by atoms with Crippen LogP contribution in [-0.4, -0.2) is 10.2 Å². The molecule has 1 aromatic heterocycles. The van der Waals surface area contributed by atoms with Crippen LogP contribution in [0.4, 0.5) is 5.82 Å². The Hall–Kier alpha value is -0.700. The van der Waals surface area contributed by atoms with Gasteiger partial charge in [0.15, 0.2) is 5.82 Å². The molecule has 1 aromatic rings. The summed E-state index contributed by atoms with van der Waals surface area (Å²) in [6.07, 6.45) is 20.3. The lowest BCUT2D eigenvalue weighted by atomic mass is 10.0. The molecule has 0 aliphatic carbocycles. The van der Waals surface area contributed by atoms with Crippen LogP contribution in [0, 0.1) is 0 Å². The van der Waals surface area contributed by atoms with Gasteiger partial charge in [-0.05, 0) is 12.8 Å². The number of nitrogens with one attached hydrogen (secondary N) is 1. The van der Waals surface area contributed by atoms with Crippen LogP contribution in [0.5, 0.6) is 0 Å². The van der Waals surface area contributed by atoms with Gasteiger partial charge in [0.1, 0.15) is 5.02 Å². The lowest BCUT2D eigenvalue weighted by Gasteiger charge is -2.03. The maximum atomic E-state index is 6.05. The van der Waals surface area contributed by atoms with Gasteiger partial charge < -0.3 is 5.73 Å². The Kier molecular flexibility index (Phi) is 12.1. The number of H-pyrrole nitrogens is 1. The van der Waals surface area contributed by atoms with Gasteiger partial charge in [-0.1, -0.05) is 102 Å². The first-order chi connectivity index (χ1) is 11.3. The van der Waals surface area contributed by atoms with Gasteiger partial charge in [-0.2, -0.15) is 5.10 Å². The second-order valence-corrected chi connectivity index (χ2v) is 7.13. The molecule has 134 valence electrons. The Bertz CT molecular complexity index is 390. The van der Waals surface area contributed by atoms with E-state index in [0.29, 0.717) is 10.8 Å². The molecule has 0 amide bonds. The van der Waals surface area contributed by atoms with Crippen LogP contribution >= 0.6 is 11.6 Å². The van der Waals surface area contributed by atoms with E-state index >= 15 is 0 Å². The van der Waals surface area contributed by atoms with E-state index < -0.39 is 0 Å². The fraction of sp³-hybridized carbons (Fsp3) is 0.842. The summed E-state index contributed by atoms with van der Waals surface area (Å²) in [4.78, 5) is 0. The molecule has 3 N–H and O–H groups in total. The Balaban J connectivity index is 1.79. The van der Waals surface area contributed by atoms with Crippen LogP contribution in [0.15, 0.2) is 0 Å². The van der Waals surface area contributed by atoms with Crippen molar-refractivity contribution in [1.29, 1.82) is 0 Å². The molecule has 1 rings (SSSR count). The number of hydrogen-bond donors (Lipinski definition) is 2. The van der Waals surface area contributed by atoms with Crippen molar-refractivity contribution >= 4 is 17.4 Å². The number of halogens is 1. The van der Waals surface area contributed by atoms with Crippen LogP contribution in [0.25, 0.3) is 0 Å². The van der Waals surface area contributed by atoms with Crippen molar-refractivity contribution in [2.75, 3.05) is 5.73 Å². The SMILES string of the molecule is CCCCCCCCCCCCCCCCc1[nH]nc(N)c1Cl. The van der Waals surface area contributed by atoms with Crippen molar-refractivity contribution in [2.24, 2.45) is 0 Å². The Morgan fingerprint density at radius 1 is 0.783 bits per heavy atom. The minimum atomic E-state index is 0.423. The molecule has 0 spiro atoms. The van der Waals surface area contributed by atoms with Crippen LogP contribution in [0.1, 0.15) is 103 Å². The average Bonchev–Trinajstić information content (AvgIpc) is 2.87. The third kappa shape index (κ3) is 9.91. The molecule has 23 heavy (non-hydrogen) atoms. The van der Waals surface area contributed by atoms with Crippen molar-refractivity contribution in [1.82, 2.24) is 10.2 Å². The summed E-state index contributed by atoms with van der Waals surface area (Å²) < 4.78 is 0. The van der Waals surface area contributed by atoms with Gasteiger partial charge in [-0.3, -0.25) is 5.10 Å². The van der Waals surface area contributed by atoms with E-state index in [1.54, 1.807) is 0 Å². The number of anilines is 1. The van der Waals surface area contributed by atoms with E-state index in [4.69, 9.17) is 17.3 Å². The second kappa shape index (κ2) is 13.7. The number of nitrogen functional groups attached to an aromatic ring is 1. The van der Waals surface area contributed by atoms with Crippen LogP contribution < -0.4 is 5.73 Å². The predicted molar refractivity (Wildman–Crippen MR) is 102 cm³/mol. The third-order valence-electron chi connectivity index (χ3n) is 4.58. The highest BCUT2D eigenvalue weighted by molar-refractivity contribution is 6.33. The lowest BCUT2D eigenvalue weighted by Crippen LogP contribution is -1.88. The summed E-state index contributed by atoms with van der Waals surface area (Å²) >= 11 is 6.05. The highest BCUT2D eigenvalue weighted by Gasteiger charge is 2.06. The molecule has 0 bridgehead atoms. The molecule has 0 saturated carbocycles. The van der Waals surface area contributed by atoms with E-state index in [1.807, 2.05) is 0 Å². The van der Waals surface area contributed by atoms with Crippen molar-refractivity contribution in [3.63, 3.8) is 0 Å². The van der Waals surface area contributed by atoms with E-state index in [1.165, 1.54) is 89.9 Å². The molecular weight excluding hydrogens is 306 g/mol. The summed E-state index contributed by atoms with van der Waals surface area (Å²) in [7, 11) is 0. The fourth-order valence-electron chi connectivity index (χ4n) is 3.04. The number of aromatic amines is 1. The Labute approximate surface area is 147 Å². The number of nitrogens with two attached hydrogens (primary N) is 1. The van der Waals surface area contributed by atoms with Gasteiger partial charge in [0.25, 0.3) is 0 Å². The largest absolute Gasteiger partial charge is 0.381 e. The minimum absolute atomic E-state index is 0.423. The van der Waals surface area contributed by atoms with E-state index in [-0.39, 0.29) is 0 Å². The number of aromatic nitrogens is 2. The van der Waals surface area contributed by atoms with E-state index in [9.17, 15) is 0 Å². The molecular formula is C19H36ClN3. The quantitative estimate of drug-likeness (QED) is 0.350. The van der Waals surface area contributed by atoms with Crippen LogP contribution in [-0.2, 0) is 6.42 Å². The normalized spacial score (nSPS) is 11.2. The number of rotatable bonds is 15. The fourth-order valence-corrected chi connectivity index (χ4v) is 3.22. The second-order valence-electron chi connectivity index (χ2n) is 6.75. The van der Waals surface area contributed by atoms with Gasteiger partial charge in [-0.15, -0.1) is 0 Å². The zero-order chi connectivity index (χ0) is 16.8. The molecule has 0 aliphatic heterocycles. The first-order valence-electron chi connectivity index (χ1n) is 9.74. The van der Waals surface area contributed by atoms with Crippen molar-refractivity contribution in [2.45, 2.75) is 103 Å². The van der Waals surface area contributed by atoms with Crippen LogP contribution in [0.3, 0.4) is 0 Å². The predicted octanol–water partition coefficient (Wildman–Crippen LogP) is 6.67. The van der Waals surface area contributed by atoms with Crippen molar-refractivity contribution < 1.29 is 0 Å². The summed E-state index contributed by atoms with van der Waals surface area (Å²) in [5, 5.41) is 7.45. The molecule has 3 nitrogen and oxygen atoms in total. The third-order valence-corrected chi connectivity index (χ3v) is 5.00. The maximum absolute atomic E-state index is 6.05. The molecule has 1 heterocycles. The Morgan fingerprint density at radius 3 is 1.61 bits per heavy atom. The number of hydrogen-bond acceptors (Lipinski definition) is 2. The van der Waals surface area contributed by atoms with E-state index in [0.717, 1.165) is 12.1 Å². The minimum Gasteiger partial charge on any atom is -0.381 e. The summed E-state index contributed by atoms with van der Waals surface area (Å²) in [6, 6.07) is 0. The first-order valence-corrected chi connectivity index (χ1v) is 10.1. The molecule has 0 aliphatic rings. The molecule has 0 atom stereocenters. The summed E-state index contributed by atoms with van der Waals surface area (Å²) in [5.74, 6) is 0.423. The van der Waals surface area contributed by atoms with Crippen molar-refractivity contribution in [3.8, 4) is 0 Å². The molecule has 4 heteroatoms. The smallest absolute Gasteiger partial charge is 0.164 e. The van der Waals surface area contributed by atoms with Gasteiger partial charge in [0.05, 0.1) is 5.69 Å². The molecule has 0 fully saturated rings.